The largest absolute Gasteiger partial charge is 0.325 e. The number of benzene rings is 1. The van der Waals surface area contributed by atoms with E-state index in [1.807, 2.05) is 12.1 Å². The fourth-order valence-corrected chi connectivity index (χ4v) is 3.46. The van der Waals surface area contributed by atoms with Crippen LogP contribution < -0.4 is 10.8 Å². The van der Waals surface area contributed by atoms with Gasteiger partial charge in [0.05, 0.1) is 11.0 Å². The van der Waals surface area contributed by atoms with Crippen LogP contribution in [0.1, 0.15) is 50.0 Å². The number of nitrogens with one attached hydrogen (secondary N) is 2. The lowest BCUT2D eigenvalue weighted by molar-refractivity contribution is -0.124. The predicted octanol–water partition coefficient (Wildman–Crippen LogP) is 2.82. The summed E-state index contributed by atoms with van der Waals surface area (Å²) in [5.41, 5.74) is 4.63. The number of piperidine rings is 1. The van der Waals surface area contributed by atoms with Gasteiger partial charge in [0, 0.05) is 18.5 Å². The molecule has 1 aromatic heterocycles. The first-order valence-corrected chi connectivity index (χ1v) is 9.06. The van der Waals surface area contributed by atoms with Crippen molar-refractivity contribution in [2.24, 2.45) is 0 Å². The van der Waals surface area contributed by atoms with Crippen LogP contribution in [-0.2, 0) is 11.2 Å². The Kier molecular flexibility index (Phi) is 5.83. The number of imidazole rings is 1. The topological polar surface area (TPSA) is 79.2 Å². The molecule has 1 aliphatic rings. The summed E-state index contributed by atoms with van der Waals surface area (Å²) in [5.74, 6) is 0.627. The number of hydrogen-bond acceptors (Lipinski definition) is 4. The summed E-state index contributed by atoms with van der Waals surface area (Å²) < 4.78 is 2.43. The van der Waals surface area contributed by atoms with E-state index in [-0.39, 0.29) is 0 Å². The average molecular weight is 342 g/mol. The van der Waals surface area contributed by atoms with Crippen LogP contribution in [0.2, 0.25) is 0 Å². The van der Waals surface area contributed by atoms with Crippen molar-refractivity contribution in [2.75, 3.05) is 13.1 Å². The number of hydrogen-bond donors (Lipinski definition) is 3. The molecule has 1 amide bonds. The normalized spacial score (nSPS) is 15.9. The second-order valence-corrected chi connectivity index (χ2v) is 6.54. The molecule has 25 heavy (non-hydrogen) atoms. The molecule has 0 spiro atoms. The molecule has 1 aromatic carbocycles. The summed E-state index contributed by atoms with van der Waals surface area (Å²) in [4.78, 5) is 16.1. The molecule has 2 heterocycles. The standard InChI is InChI=1S/C19H26N4O2/c1-2-3-4-18-21-16-13-14(6-8-19(24)22-25)5-7-17(16)23(18)15-9-11-20-12-10-15/h5-8,13,15,20,25H,2-4,9-12H2,1H3,(H,22,24). The van der Waals surface area contributed by atoms with Crippen molar-refractivity contribution in [3.05, 3.63) is 35.7 Å². The van der Waals surface area contributed by atoms with E-state index in [0.29, 0.717) is 6.04 Å². The Balaban J connectivity index is 1.97. The van der Waals surface area contributed by atoms with Crippen LogP contribution >= 0.6 is 0 Å². The zero-order valence-electron chi connectivity index (χ0n) is 14.7. The molecule has 1 aliphatic heterocycles. The minimum atomic E-state index is -0.538. The van der Waals surface area contributed by atoms with Gasteiger partial charge in [0.1, 0.15) is 5.82 Å². The molecular weight excluding hydrogens is 316 g/mol. The molecule has 3 rings (SSSR count). The quantitative estimate of drug-likeness (QED) is 0.428. The first kappa shape index (κ1) is 17.6. The van der Waals surface area contributed by atoms with E-state index in [1.54, 1.807) is 11.6 Å². The van der Waals surface area contributed by atoms with Crippen molar-refractivity contribution >= 4 is 23.0 Å². The van der Waals surface area contributed by atoms with E-state index < -0.39 is 5.91 Å². The number of rotatable bonds is 6. The van der Waals surface area contributed by atoms with Gasteiger partial charge in [0.25, 0.3) is 5.91 Å². The maximum Gasteiger partial charge on any atom is 0.267 e. The smallest absolute Gasteiger partial charge is 0.267 e. The molecule has 0 aliphatic carbocycles. The summed E-state index contributed by atoms with van der Waals surface area (Å²) in [6.45, 7) is 4.30. The molecule has 0 radical (unpaired) electrons. The fraction of sp³-hybridized carbons (Fsp3) is 0.474. The number of unbranched alkanes of at least 4 members (excludes halogenated alkanes) is 1. The second kappa shape index (κ2) is 8.27. The highest BCUT2D eigenvalue weighted by molar-refractivity contribution is 5.91. The van der Waals surface area contributed by atoms with Gasteiger partial charge in [-0.05, 0) is 56.1 Å². The third-order valence-corrected chi connectivity index (χ3v) is 4.75. The van der Waals surface area contributed by atoms with Crippen LogP contribution in [0.4, 0.5) is 0 Å². The molecular formula is C19H26N4O2. The summed E-state index contributed by atoms with van der Waals surface area (Å²) in [6.07, 6.45) is 8.53. The third-order valence-electron chi connectivity index (χ3n) is 4.75. The number of aryl methyl sites for hydroxylation is 1. The fourth-order valence-electron chi connectivity index (χ4n) is 3.46. The zero-order chi connectivity index (χ0) is 17.6. The van der Waals surface area contributed by atoms with Gasteiger partial charge in [0.2, 0.25) is 0 Å². The third kappa shape index (κ3) is 4.08. The van der Waals surface area contributed by atoms with Crippen LogP contribution in [0.25, 0.3) is 17.1 Å². The first-order valence-electron chi connectivity index (χ1n) is 9.06. The Morgan fingerprint density at radius 1 is 1.44 bits per heavy atom. The molecule has 1 saturated heterocycles. The van der Waals surface area contributed by atoms with Crippen molar-refractivity contribution in [3.8, 4) is 0 Å². The highest BCUT2D eigenvalue weighted by Crippen LogP contribution is 2.28. The second-order valence-electron chi connectivity index (χ2n) is 6.54. The van der Waals surface area contributed by atoms with Gasteiger partial charge in [0.15, 0.2) is 0 Å². The Morgan fingerprint density at radius 3 is 2.96 bits per heavy atom. The van der Waals surface area contributed by atoms with Gasteiger partial charge in [-0.25, -0.2) is 10.5 Å². The van der Waals surface area contributed by atoms with E-state index in [0.717, 1.165) is 62.1 Å². The average Bonchev–Trinajstić information content (AvgIpc) is 3.02. The molecule has 6 heteroatoms. The molecule has 134 valence electrons. The van der Waals surface area contributed by atoms with Crippen molar-refractivity contribution in [2.45, 2.75) is 45.1 Å². The molecule has 1 fully saturated rings. The molecule has 6 nitrogen and oxygen atoms in total. The zero-order valence-corrected chi connectivity index (χ0v) is 14.7. The number of carbonyl (C=O) groups excluding carboxylic acids is 1. The SMILES string of the molecule is CCCCc1nc2cc(C=CC(=O)NO)ccc2n1C1CCNCC1. The molecule has 3 N–H and O–H groups in total. The van der Waals surface area contributed by atoms with Crippen LogP contribution in [-0.4, -0.2) is 33.8 Å². The first-order chi connectivity index (χ1) is 12.2. The highest BCUT2D eigenvalue weighted by Gasteiger charge is 2.21. The number of amides is 1. The Labute approximate surface area is 147 Å². The number of aromatic nitrogens is 2. The number of nitrogens with zero attached hydrogens (tertiary/aromatic N) is 2. The van der Waals surface area contributed by atoms with E-state index in [9.17, 15) is 4.79 Å². The number of carbonyl (C=O) groups is 1. The lowest BCUT2D eigenvalue weighted by Gasteiger charge is -2.26. The number of hydroxylamine groups is 1. The minimum absolute atomic E-state index is 0.500. The Bertz CT molecular complexity index is 760. The molecule has 0 atom stereocenters. The van der Waals surface area contributed by atoms with Crippen molar-refractivity contribution in [1.82, 2.24) is 20.3 Å². The minimum Gasteiger partial charge on any atom is -0.325 e. The predicted molar refractivity (Wildman–Crippen MR) is 98.4 cm³/mol. The molecule has 2 aromatic rings. The summed E-state index contributed by atoms with van der Waals surface area (Å²) >= 11 is 0. The maximum atomic E-state index is 11.2. The van der Waals surface area contributed by atoms with Gasteiger partial charge in [-0.15, -0.1) is 0 Å². The van der Waals surface area contributed by atoms with Crippen LogP contribution in [0.5, 0.6) is 0 Å². The maximum absolute atomic E-state index is 11.2. The van der Waals surface area contributed by atoms with Crippen molar-refractivity contribution in [3.63, 3.8) is 0 Å². The van der Waals surface area contributed by atoms with E-state index >= 15 is 0 Å². The summed E-state index contributed by atoms with van der Waals surface area (Å²) in [6, 6.07) is 6.59. The summed E-state index contributed by atoms with van der Waals surface area (Å²) in [7, 11) is 0. The lowest BCUT2D eigenvalue weighted by Crippen LogP contribution is -2.30. The van der Waals surface area contributed by atoms with E-state index in [4.69, 9.17) is 10.2 Å². The Morgan fingerprint density at radius 2 is 2.24 bits per heavy atom. The molecule has 0 unspecified atom stereocenters. The van der Waals surface area contributed by atoms with Crippen molar-refractivity contribution < 1.29 is 10.0 Å². The van der Waals surface area contributed by atoms with Crippen LogP contribution in [0.15, 0.2) is 24.3 Å². The molecule has 0 bridgehead atoms. The number of fused-ring (bicyclic) bond motifs is 1. The van der Waals surface area contributed by atoms with Gasteiger partial charge >= 0.3 is 0 Å². The monoisotopic (exact) mass is 342 g/mol. The van der Waals surface area contributed by atoms with E-state index in [2.05, 4.69) is 22.9 Å². The lowest BCUT2D eigenvalue weighted by atomic mass is 10.1. The van der Waals surface area contributed by atoms with Gasteiger partial charge in [-0.3, -0.25) is 10.0 Å². The molecule has 0 saturated carbocycles. The van der Waals surface area contributed by atoms with E-state index in [1.165, 1.54) is 11.6 Å². The highest BCUT2D eigenvalue weighted by atomic mass is 16.5. The van der Waals surface area contributed by atoms with Crippen LogP contribution in [0.3, 0.4) is 0 Å². The van der Waals surface area contributed by atoms with Gasteiger partial charge < -0.3 is 9.88 Å². The Hall–Kier alpha value is -2.18. The van der Waals surface area contributed by atoms with Gasteiger partial charge in [-0.2, -0.15) is 0 Å². The van der Waals surface area contributed by atoms with Gasteiger partial charge in [-0.1, -0.05) is 19.4 Å². The van der Waals surface area contributed by atoms with Crippen molar-refractivity contribution in [1.29, 1.82) is 0 Å². The van der Waals surface area contributed by atoms with Crippen LogP contribution in [0, 0.1) is 0 Å². The summed E-state index contributed by atoms with van der Waals surface area (Å²) in [5, 5.41) is 12.0.